The molecule has 29 heavy (non-hydrogen) atoms. The van der Waals surface area contributed by atoms with Crippen LogP contribution in [-0.4, -0.2) is 33.9 Å². The van der Waals surface area contributed by atoms with E-state index in [9.17, 15) is 13.2 Å². The number of fused-ring (bicyclic) bond motifs is 1. The third-order valence-electron chi connectivity index (χ3n) is 4.59. The summed E-state index contributed by atoms with van der Waals surface area (Å²) in [4.78, 5) is 12.2. The number of sulfonamides is 1. The summed E-state index contributed by atoms with van der Waals surface area (Å²) < 4.78 is 36.4. The third-order valence-corrected chi connectivity index (χ3v) is 5.78. The first-order chi connectivity index (χ1) is 13.7. The first-order valence-electron chi connectivity index (χ1n) is 9.43. The predicted octanol–water partition coefficient (Wildman–Crippen LogP) is 2.89. The summed E-state index contributed by atoms with van der Waals surface area (Å²) >= 11 is 0. The number of nitrogens with one attached hydrogen (secondary N) is 1. The molecule has 2 aromatic rings. The van der Waals surface area contributed by atoms with Crippen LogP contribution >= 0.6 is 0 Å². The molecule has 0 unspecified atom stereocenters. The van der Waals surface area contributed by atoms with E-state index in [2.05, 4.69) is 5.32 Å². The van der Waals surface area contributed by atoms with E-state index in [1.165, 1.54) is 10.6 Å². The summed E-state index contributed by atoms with van der Waals surface area (Å²) in [6.45, 7) is 4.70. The highest BCUT2D eigenvalue weighted by Gasteiger charge is 2.18. The first kappa shape index (κ1) is 21.0. The van der Waals surface area contributed by atoms with Crippen molar-refractivity contribution < 1.29 is 22.7 Å². The summed E-state index contributed by atoms with van der Waals surface area (Å²) in [5, 5.41) is 2.86. The quantitative estimate of drug-likeness (QED) is 0.713. The number of ether oxygens (including phenoxy) is 2. The standard InChI is InChI=1S/C21H26N2O5S/c1-15-9-16(2)11-18(10-15)23(29(3,25)26)8-4-5-21(24)22-13-17-6-7-19-20(12-17)28-14-27-19/h6-7,9-12H,4-5,8,13-14H2,1-3H3,(H,22,24). The van der Waals surface area contributed by atoms with Crippen LogP contribution in [-0.2, 0) is 21.4 Å². The van der Waals surface area contributed by atoms with Crippen LogP contribution in [0.4, 0.5) is 5.69 Å². The molecule has 7 nitrogen and oxygen atoms in total. The number of rotatable bonds is 8. The number of benzene rings is 2. The van der Waals surface area contributed by atoms with Crippen molar-refractivity contribution in [2.24, 2.45) is 0 Å². The molecule has 0 atom stereocenters. The lowest BCUT2D eigenvalue weighted by Gasteiger charge is -2.23. The number of amides is 1. The second-order valence-corrected chi connectivity index (χ2v) is 9.16. The molecular weight excluding hydrogens is 392 g/mol. The van der Waals surface area contributed by atoms with E-state index in [4.69, 9.17) is 9.47 Å². The van der Waals surface area contributed by atoms with Crippen LogP contribution in [0, 0.1) is 13.8 Å². The minimum Gasteiger partial charge on any atom is -0.454 e. The van der Waals surface area contributed by atoms with Gasteiger partial charge in [0.15, 0.2) is 11.5 Å². The summed E-state index contributed by atoms with van der Waals surface area (Å²) in [7, 11) is -3.43. The fraction of sp³-hybridized carbons (Fsp3) is 0.381. The maximum absolute atomic E-state index is 12.2. The van der Waals surface area contributed by atoms with Crippen molar-refractivity contribution >= 4 is 21.6 Å². The fourth-order valence-electron chi connectivity index (χ4n) is 3.30. The molecule has 1 N–H and O–H groups in total. The maximum atomic E-state index is 12.2. The summed E-state index contributed by atoms with van der Waals surface area (Å²) in [6.07, 6.45) is 1.85. The molecule has 1 heterocycles. The second kappa shape index (κ2) is 8.73. The highest BCUT2D eigenvalue weighted by atomic mass is 32.2. The largest absolute Gasteiger partial charge is 0.454 e. The molecule has 0 fully saturated rings. The van der Waals surface area contributed by atoms with Gasteiger partial charge in [-0.2, -0.15) is 0 Å². The summed E-state index contributed by atoms with van der Waals surface area (Å²) in [6, 6.07) is 11.2. The fourth-order valence-corrected chi connectivity index (χ4v) is 4.25. The van der Waals surface area contributed by atoms with Crippen molar-refractivity contribution in [3.63, 3.8) is 0 Å². The van der Waals surface area contributed by atoms with E-state index in [0.717, 1.165) is 16.7 Å². The van der Waals surface area contributed by atoms with Gasteiger partial charge in [0.25, 0.3) is 0 Å². The van der Waals surface area contributed by atoms with Crippen LogP contribution in [0.3, 0.4) is 0 Å². The Labute approximate surface area is 171 Å². The predicted molar refractivity (Wildman–Crippen MR) is 112 cm³/mol. The normalized spacial score (nSPS) is 12.7. The van der Waals surface area contributed by atoms with Gasteiger partial charge in [-0.05, 0) is 61.2 Å². The van der Waals surface area contributed by atoms with Crippen LogP contribution in [0.15, 0.2) is 36.4 Å². The van der Waals surface area contributed by atoms with Crippen molar-refractivity contribution in [3.8, 4) is 11.5 Å². The van der Waals surface area contributed by atoms with E-state index in [1.807, 2.05) is 50.2 Å². The topological polar surface area (TPSA) is 84.9 Å². The second-order valence-electron chi connectivity index (χ2n) is 7.25. The lowest BCUT2D eigenvalue weighted by Crippen LogP contribution is -2.32. The van der Waals surface area contributed by atoms with Gasteiger partial charge in [-0.25, -0.2) is 8.42 Å². The van der Waals surface area contributed by atoms with Crippen molar-refractivity contribution in [3.05, 3.63) is 53.1 Å². The molecule has 3 rings (SSSR count). The lowest BCUT2D eigenvalue weighted by molar-refractivity contribution is -0.121. The number of hydrogen-bond acceptors (Lipinski definition) is 5. The molecule has 1 aliphatic heterocycles. The van der Waals surface area contributed by atoms with E-state index in [-0.39, 0.29) is 25.7 Å². The average molecular weight is 419 g/mol. The van der Waals surface area contributed by atoms with Crippen LogP contribution < -0.4 is 19.1 Å². The molecule has 0 radical (unpaired) electrons. The molecule has 1 aliphatic rings. The van der Waals surface area contributed by atoms with Crippen LogP contribution in [0.2, 0.25) is 0 Å². The number of anilines is 1. The first-order valence-corrected chi connectivity index (χ1v) is 11.3. The summed E-state index contributed by atoms with van der Waals surface area (Å²) in [5.74, 6) is 1.25. The molecule has 1 amide bonds. The van der Waals surface area contributed by atoms with Crippen molar-refractivity contribution in [1.82, 2.24) is 5.32 Å². The van der Waals surface area contributed by atoms with Crippen molar-refractivity contribution in [1.29, 1.82) is 0 Å². The van der Waals surface area contributed by atoms with Gasteiger partial charge in [0.05, 0.1) is 11.9 Å². The van der Waals surface area contributed by atoms with Gasteiger partial charge in [-0.15, -0.1) is 0 Å². The van der Waals surface area contributed by atoms with Gasteiger partial charge >= 0.3 is 0 Å². The van der Waals surface area contributed by atoms with Crippen LogP contribution in [0.25, 0.3) is 0 Å². The molecular formula is C21H26N2O5S. The van der Waals surface area contributed by atoms with Gasteiger partial charge in [0.2, 0.25) is 22.7 Å². The van der Waals surface area contributed by atoms with Crippen LogP contribution in [0.5, 0.6) is 11.5 Å². The number of hydrogen-bond donors (Lipinski definition) is 1. The molecule has 0 bridgehead atoms. The zero-order chi connectivity index (χ0) is 21.0. The number of aryl methyl sites for hydroxylation is 2. The Kier molecular flexibility index (Phi) is 6.32. The lowest BCUT2D eigenvalue weighted by atomic mass is 10.1. The van der Waals surface area contributed by atoms with Crippen molar-refractivity contribution in [2.75, 3.05) is 23.9 Å². The zero-order valence-corrected chi connectivity index (χ0v) is 17.7. The average Bonchev–Trinajstić information content (AvgIpc) is 3.09. The maximum Gasteiger partial charge on any atom is 0.232 e. The van der Waals surface area contributed by atoms with E-state index in [1.54, 1.807) is 0 Å². The van der Waals surface area contributed by atoms with Gasteiger partial charge in [-0.1, -0.05) is 12.1 Å². The van der Waals surface area contributed by atoms with Gasteiger partial charge in [-0.3, -0.25) is 9.10 Å². The van der Waals surface area contributed by atoms with Crippen LogP contribution in [0.1, 0.15) is 29.5 Å². The number of carbonyl (C=O) groups is 1. The number of carbonyl (C=O) groups excluding carboxylic acids is 1. The van der Waals surface area contributed by atoms with E-state index < -0.39 is 10.0 Å². The Morgan fingerprint density at radius 2 is 1.76 bits per heavy atom. The van der Waals surface area contributed by atoms with Gasteiger partial charge in [0, 0.05) is 19.5 Å². The molecule has 0 aliphatic carbocycles. The minimum absolute atomic E-state index is 0.128. The Balaban J connectivity index is 1.53. The highest BCUT2D eigenvalue weighted by molar-refractivity contribution is 7.92. The van der Waals surface area contributed by atoms with E-state index in [0.29, 0.717) is 30.2 Å². The Bertz CT molecular complexity index is 984. The van der Waals surface area contributed by atoms with E-state index >= 15 is 0 Å². The third kappa shape index (κ3) is 5.63. The molecule has 0 aromatic heterocycles. The molecule has 0 saturated heterocycles. The molecule has 8 heteroatoms. The van der Waals surface area contributed by atoms with Crippen molar-refractivity contribution in [2.45, 2.75) is 33.2 Å². The zero-order valence-electron chi connectivity index (χ0n) is 16.9. The molecule has 156 valence electrons. The summed E-state index contributed by atoms with van der Waals surface area (Å²) in [5.41, 5.74) is 3.53. The highest BCUT2D eigenvalue weighted by Crippen LogP contribution is 2.32. The molecule has 0 saturated carbocycles. The number of nitrogens with zero attached hydrogens (tertiary/aromatic N) is 1. The Morgan fingerprint density at radius 3 is 2.45 bits per heavy atom. The minimum atomic E-state index is -3.43. The molecule has 0 spiro atoms. The monoisotopic (exact) mass is 418 g/mol. The smallest absolute Gasteiger partial charge is 0.232 e. The Morgan fingerprint density at radius 1 is 1.07 bits per heavy atom. The SMILES string of the molecule is Cc1cc(C)cc(N(CCCC(=O)NCc2ccc3c(c2)OCO3)S(C)(=O)=O)c1. The van der Waals surface area contributed by atoms with Gasteiger partial charge in [0.1, 0.15) is 0 Å². The molecule has 2 aromatic carbocycles. The Hall–Kier alpha value is -2.74. The van der Waals surface area contributed by atoms with Gasteiger partial charge < -0.3 is 14.8 Å².